The summed E-state index contributed by atoms with van der Waals surface area (Å²) in [5.74, 6) is -0.534. The Kier molecular flexibility index (Phi) is 30.4. The molecule has 0 aromatic carbocycles. The predicted octanol–water partition coefficient (Wildman–Crippen LogP) is -1.59. The van der Waals surface area contributed by atoms with E-state index in [4.69, 9.17) is 9.84 Å². The summed E-state index contributed by atoms with van der Waals surface area (Å²) in [6.07, 6.45) is 2.04. The van der Waals surface area contributed by atoms with E-state index in [9.17, 15) is 17.8 Å². The first-order valence-electron chi connectivity index (χ1n) is 7.29. The molecule has 0 aliphatic carbocycles. The number of hydrogen-bond donors (Lipinski definition) is 1. The molecule has 0 aromatic rings. The van der Waals surface area contributed by atoms with Gasteiger partial charge in [-0.15, -0.1) is 6.58 Å². The molecule has 1 atom stereocenters. The van der Waals surface area contributed by atoms with Gasteiger partial charge in [-0.1, -0.05) is 19.4 Å². The number of carbonyl (C=O) groups excluding carboxylic acids is 1. The maximum absolute atomic E-state index is 10.5. The fourth-order valence-corrected chi connectivity index (χ4v) is 1.04. The van der Waals surface area contributed by atoms with Crippen LogP contribution in [-0.4, -0.2) is 56.6 Å². The third-order valence-electron chi connectivity index (χ3n) is 1.82. The average molecular weight is 380 g/mol. The van der Waals surface area contributed by atoms with Crippen molar-refractivity contribution in [3.05, 3.63) is 12.7 Å². The summed E-state index contributed by atoms with van der Waals surface area (Å²) in [6.45, 7) is 12.4. The van der Waals surface area contributed by atoms with E-state index in [0.29, 0.717) is 6.61 Å². The molecule has 0 fully saturated rings. The second-order valence-corrected chi connectivity index (χ2v) is 5.01. The first-order chi connectivity index (χ1) is 10.7. The second kappa shape index (κ2) is 23.0. The SMILES string of the molecule is C=CCOS(=O)(=O)[O-].CCCCOC(=O)C(C)O.CCOCC.[Na+]. The molecule has 0 rings (SSSR count). The molecule has 1 unspecified atom stereocenters. The van der Waals surface area contributed by atoms with Crippen molar-refractivity contribution in [1.82, 2.24) is 0 Å². The van der Waals surface area contributed by atoms with Crippen LogP contribution in [-0.2, 0) is 28.9 Å². The number of hydrogen-bond acceptors (Lipinski definition) is 8. The third-order valence-corrected chi connectivity index (χ3v) is 2.25. The molecule has 0 aliphatic rings. The Labute approximate surface area is 167 Å². The zero-order valence-corrected chi connectivity index (χ0v) is 18.1. The largest absolute Gasteiger partial charge is 1.00 e. The quantitative estimate of drug-likeness (QED) is 0.127. The molecule has 140 valence electrons. The summed E-state index contributed by atoms with van der Waals surface area (Å²) >= 11 is 0. The van der Waals surface area contributed by atoms with Gasteiger partial charge in [0.05, 0.1) is 13.2 Å². The molecule has 0 saturated heterocycles. The Hall–Kier alpha value is -0.000000000000000222. The Morgan fingerprint density at radius 3 is 2.00 bits per heavy atom. The maximum Gasteiger partial charge on any atom is 1.00 e. The van der Waals surface area contributed by atoms with Crippen LogP contribution in [0.15, 0.2) is 12.7 Å². The van der Waals surface area contributed by atoms with Gasteiger partial charge in [0.1, 0.15) is 6.10 Å². The zero-order valence-electron chi connectivity index (χ0n) is 15.3. The number of esters is 1. The predicted molar refractivity (Wildman–Crippen MR) is 85.6 cm³/mol. The van der Waals surface area contributed by atoms with Crippen LogP contribution in [0.5, 0.6) is 0 Å². The first kappa shape index (κ1) is 31.7. The van der Waals surface area contributed by atoms with Gasteiger partial charge in [0.15, 0.2) is 0 Å². The molecular formula is C14H29NaO8S. The van der Waals surface area contributed by atoms with Gasteiger partial charge in [0.2, 0.25) is 10.4 Å². The van der Waals surface area contributed by atoms with Crippen molar-refractivity contribution in [1.29, 1.82) is 0 Å². The fourth-order valence-electron chi connectivity index (χ4n) is 0.773. The molecule has 8 nitrogen and oxygen atoms in total. The van der Waals surface area contributed by atoms with Crippen LogP contribution < -0.4 is 29.6 Å². The zero-order chi connectivity index (χ0) is 18.7. The molecule has 0 spiro atoms. The Morgan fingerprint density at radius 2 is 1.79 bits per heavy atom. The Morgan fingerprint density at radius 1 is 1.29 bits per heavy atom. The van der Waals surface area contributed by atoms with Crippen molar-refractivity contribution < 1.29 is 66.1 Å². The van der Waals surface area contributed by atoms with E-state index in [1.165, 1.54) is 13.0 Å². The van der Waals surface area contributed by atoms with E-state index in [1.807, 2.05) is 20.8 Å². The molecule has 0 radical (unpaired) electrons. The number of aliphatic hydroxyl groups is 1. The average Bonchev–Trinajstić information content (AvgIpc) is 2.46. The summed E-state index contributed by atoms with van der Waals surface area (Å²) in [5, 5.41) is 8.65. The summed E-state index contributed by atoms with van der Waals surface area (Å²) < 4.78 is 41.9. The summed E-state index contributed by atoms with van der Waals surface area (Å²) in [4.78, 5) is 10.5. The van der Waals surface area contributed by atoms with Crippen molar-refractivity contribution in [3.8, 4) is 0 Å². The molecular weight excluding hydrogens is 351 g/mol. The van der Waals surface area contributed by atoms with E-state index in [1.54, 1.807) is 0 Å². The number of rotatable bonds is 9. The topological polar surface area (TPSA) is 122 Å². The number of carbonyl (C=O) groups is 1. The van der Waals surface area contributed by atoms with Crippen molar-refractivity contribution in [2.24, 2.45) is 0 Å². The summed E-state index contributed by atoms with van der Waals surface area (Å²) in [7, 11) is -4.51. The van der Waals surface area contributed by atoms with Gasteiger partial charge < -0.3 is 19.1 Å². The van der Waals surface area contributed by atoms with Crippen LogP contribution in [0.3, 0.4) is 0 Å². The van der Waals surface area contributed by atoms with Gasteiger partial charge in [-0.05, 0) is 27.2 Å². The fraction of sp³-hybridized carbons (Fsp3) is 0.786. The Balaban J connectivity index is -0.000000129. The molecule has 0 saturated carbocycles. The summed E-state index contributed by atoms with van der Waals surface area (Å²) in [5.41, 5.74) is 0. The molecule has 0 aromatic heterocycles. The molecule has 1 N–H and O–H groups in total. The van der Waals surface area contributed by atoms with E-state index >= 15 is 0 Å². The van der Waals surface area contributed by atoms with Crippen LogP contribution in [0.4, 0.5) is 0 Å². The van der Waals surface area contributed by atoms with Gasteiger partial charge in [-0.3, -0.25) is 4.18 Å². The van der Waals surface area contributed by atoms with Crippen LogP contribution in [0.2, 0.25) is 0 Å². The molecule has 0 heterocycles. The van der Waals surface area contributed by atoms with Gasteiger partial charge in [-0.25, -0.2) is 13.2 Å². The first-order valence-corrected chi connectivity index (χ1v) is 8.62. The standard InChI is InChI=1S/C7H14O3.C4H10O.C3H6O4S.Na/c1-3-4-5-10-7(9)6(2)8;1-3-5-4-2;1-2-3-7-8(4,5)6;/h6,8H,3-5H2,1-2H3;3-4H2,1-2H3;2H,1,3H2,(H,4,5,6);/q;;;+1/p-1. The molecule has 0 bridgehead atoms. The van der Waals surface area contributed by atoms with Crippen molar-refractivity contribution in [2.75, 3.05) is 26.4 Å². The summed E-state index contributed by atoms with van der Waals surface area (Å²) in [6, 6.07) is 0. The van der Waals surface area contributed by atoms with Crippen molar-refractivity contribution in [3.63, 3.8) is 0 Å². The van der Waals surface area contributed by atoms with Crippen LogP contribution in [0.25, 0.3) is 0 Å². The van der Waals surface area contributed by atoms with E-state index in [0.717, 1.165) is 26.1 Å². The van der Waals surface area contributed by atoms with Crippen molar-refractivity contribution >= 4 is 16.4 Å². The molecule has 0 aliphatic heterocycles. The van der Waals surface area contributed by atoms with E-state index < -0.39 is 22.5 Å². The van der Waals surface area contributed by atoms with Crippen LogP contribution in [0, 0.1) is 0 Å². The van der Waals surface area contributed by atoms with Gasteiger partial charge in [0, 0.05) is 13.2 Å². The molecule has 10 heteroatoms. The van der Waals surface area contributed by atoms with Crippen LogP contribution in [0.1, 0.15) is 40.5 Å². The van der Waals surface area contributed by atoms with Gasteiger partial charge >= 0.3 is 35.5 Å². The third kappa shape index (κ3) is 37.9. The van der Waals surface area contributed by atoms with Crippen molar-refractivity contribution in [2.45, 2.75) is 46.6 Å². The number of aliphatic hydroxyl groups excluding tert-OH is 1. The van der Waals surface area contributed by atoms with Gasteiger partial charge in [-0.2, -0.15) is 0 Å². The maximum atomic E-state index is 10.5. The van der Waals surface area contributed by atoms with E-state index in [2.05, 4.69) is 15.5 Å². The minimum atomic E-state index is -4.51. The van der Waals surface area contributed by atoms with E-state index in [-0.39, 0.29) is 36.2 Å². The normalized spacial score (nSPS) is 10.8. The number of unbranched alkanes of at least 4 members (excludes halogenated alkanes) is 1. The monoisotopic (exact) mass is 380 g/mol. The second-order valence-electron chi connectivity index (χ2n) is 3.96. The molecule has 24 heavy (non-hydrogen) atoms. The number of ether oxygens (including phenoxy) is 2. The minimum absolute atomic E-state index is 0. The minimum Gasteiger partial charge on any atom is -0.726 e. The van der Waals surface area contributed by atoms with Gasteiger partial charge in [0.25, 0.3) is 0 Å². The molecule has 0 amide bonds. The van der Waals surface area contributed by atoms with Crippen LogP contribution >= 0.6 is 0 Å². The Bertz CT molecular complexity index is 369. The smallest absolute Gasteiger partial charge is 0.726 e.